The van der Waals surface area contributed by atoms with Crippen molar-refractivity contribution in [1.29, 1.82) is 0 Å². The van der Waals surface area contributed by atoms with Gasteiger partial charge in [0.1, 0.15) is 5.76 Å². The lowest BCUT2D eigenvalue weighted by Gasteiger charge is -2.35. The summed E-state index contributed by atoms with van der Waals surface area (Å²) in [6.07, 6.45) is 0. The van der Waals surface area contributed by atoms with E-state index in [1.165, 1.54) is 18.2 Å². The molecule has 1 aliphatic heterocycles. The van der Waals surface area contributed by atoms with E-state index in [1.807, 2.05) is 17.0 Å². The minimum atomic E-state index is -0.0829. The zero-order valence-corrected chi connectivity index (χ0v) is 16.7. The summed E-state index contributed by atoms with van der Waals surface area (Å²) < 4.78 is 5.82. The highest BCUT2D eigenvalue weighted by Crippen LogP contribution is 2.24. The Morgan fingerprint density at radius 2 is 1.62 bits per heavy atom. The van der Waals surface area contributed by atoms with Gasteiger partial charge in [-0.25, -0.2) is 0 Å². The Bertz CT molecular complexity index is 1030. The summed E-state index contributed by atoms with van der Waals surface area (Å²) in [5, 5.41) is 0. The average molecular weight is 388 g/mol. The standard InChI is InChI=1S/C24H24N2O3/c1-17-4-3-5-21(16-17)25-12-14-26(15-13-25)24(28)23-11-10-22(29-23)20-8-6-19(7-9-20)18(2)27/h3-11,16H,12-15H2,1-2H3. The van der Waals surface area contributed by atoms with Crippen LogP contribution in [0.2, 0.25) is 0 Å². The Kier molecular flexibility index (Phi) is 5.21. The van der Waals surface area contributed by atoms with Gasteiger partial charge in [-0.3, -0.25) is 9.59 Å². The lowest BCUT2D eigenvalue weighted by atomic mass is 10.1. The summed E-state index contributed by atoms with van der Waals surface area (Å²) in [5.74, 6) is 0.915. The number of hydrogen-bond acceptors (Lipinski definition) is 4. The van der Waals surface area contributed by atoms with Gasteiger partial charge in [0.15, 0.2) is 11.5 Å². The van der Waals surface area contributed by atoms with Crippen LogP contribution in [-0.2, 0) is 0 Å². The molecule has 5 heteroatoms. The second-order valence-electron chi connectivity index (χ2n) is 7.42. The van der Waals surface area contributed by atoms with Crippen molar-refractivity contribution in [2.45, 2.75) is 13.8 Å². The number of ketones is 1. The van der Waals surface area contributed by atoms with Crippen LogP contribution in [0.5, 0.6) is 0 Å². The summed E-state index contributed by atoms with van der Waals surface area (Å²) in [5.41, 5.74) is 3.94. The number of aryl methyl sites for hydroxylation is 1. The minimum absolute atomic E-state index is 0.0247. The van der Waals surface area contributed by atoms with Gasteiger partial charge in [0.25, 0.3) is 5.91 Å². The normalized spacial score (nSPS) is 14.1. The molecule has 148 valence electrons. The maximum Gasteiger partial charge on any atom is 0.289 e. The van der Waals surface area contributed by atoms with Gasteiger partial charge in [-0.15, -0.1) is 0 Å². The molecule has 5 nitrogen and oxygen atoms in total. The van der Waals surface area contributed by atoms with E-state index >= 15 is 0 Å². The molecule has 3 aromatic rings. The van der Waals surface area contributed by atoms with Crippen molar-refractivity contribution < 1.29 is 14.0 Å². The third-order valence-corrected chi connectivity index (χ3v) is 5.33. The summed E-state index contributed by atoms with van der Waals surface area (Å²) in [7, 11) is 0. The van der Waals surface area contributed by atoms with E-state index in [9.17, 15) is 9.59 Å². The highest BCUT2D eigenvalue weighted by atomic mass is 16.4. The fourth-order valence-electron chi connectivity index (χ4n) is 3.63. The van der Waals surface area contributed by atoms with Crippen molar-refractivity contribution in [3.8, 4) is 11.3 Å². The van der Waals surface area contributed by atoms with Crippen LogP contribution in [0.3, 0.4) is 0 Å². The van der Waals surface area contributed by atoms with E-state index in [1.54, 1.807) is 24.3 Å². The molecule has 1 aromatic heterocycles. The maximum atomic E-state index is 12.9. The molecule has 0 bridgehead atoms. The highest BCUT2D eigenvalue weighted by Gasteiger charge is 2.24. The van der Waals surface area contributed by atoms with Gasteiger partial charge in [0, 0.05) is 43.0 Å². The van der Waals surface area contributed by atoms with Crippen LogP contribution >= 0.6 is 0 Å². The summed E-state index contributed by atoms with van der Waals surface area (Å²) in [6, 6.07) is 19.2. The van der Waals surface area contributed by atoms with Crippen LogP contribution in [0.4, 0.5) is 5.69 Å². The minimum Gasteiger partial charge on any atom is -0.451 e. The molecule has 4 rings (SSSR count). The molecule has 1 amide bonds. The Morgan fingerprint density at radius 1 is 0.897 bits per heavy atom. The van der Waals surface area contributed by atoms with E-state index in [0.29, 0.717) is 30.2 Å². The molecule has 0 unspecified atom stereocenters. The van der Waals surface area contributed by atoms with E-state index in [-0.39, 0.29) is 11.7 Å². The molecule has 1 fully saturated rings. The smallest absolute Gasteiger partial charge is 0.289 e. The van der Waals surface area contributed by atoms with E-state index in [4.69, 9.17) is 4.42 Å². The third kappa shape index (κ3) is 4.09. The van der Waals surface area contributed by atoms with Crippen molar-refractivity contribution in [1.82, 2.24) is 4.90 Å². The van der Waals surface area contributed by atoms with Gasteiger partial charge in [-0.2, -0.15) is 0 Å². The number of Topliss-reactive ketones (excluding diaryl/α,β-unsaturated/α-hetero) is 1. The van der Waals surface area contributed by atoms with Crippen molar-refractivity contribution >= 4 is 17.4 Å². The van der Waals surface area contributed by atoms with Gasteiger partial charge >= 0.3 is 0 Å². The van der Waals surface area contributed by atoms with Crippen molar-refractivity contribution in [2.75, 3.05) is 31.1 Å². The van der Waals surface area contributed by atoms with E-state index in [2.05, 4.69) is 36.1 Å². The fourth-order valence-corrected chi connectivity index (χ4v) is 3.63. The molecular weight excluding hydrogens is 364 g/mol. The summed E-state index contributed by atoms with van der Waals surface area (Å²) in [4.78, 5) is 28.4. The fraction of sp³-hybridized carbons (Fsp3) is 0.250. The number of furan rings is 1. The van der Waals surface area contributed by atoms with E-state index < -0.39 is 0 Å². The molecule has 29 heavy (non-hydrogen) atoms. The average Bonchev–Trinajstić information content (AvgIpc) is 3.24. The van der Waals surface area contributed by atoms with Gasteiger partial charge < -0.3 is 14.2 Å². The number of amides is 1. The number of benzene rings is 2. The molecule has 1 saturated heterocycles. The van der Waals surface area contributed by atoms with Gasteiger partial charge in [0.2, 0.25) is 0 Å². The Hall–Kier alpha value is -3.34. The number of piperazine rings is 1. The molecule has 0 saturated carbocycles. The predicted octanol–water partition coefficient (Wildman–Crippen LogP) is 4.42. The number of hydrogen-bond donors (Lipinski definition) is 0. The maximum absolute atomic E-state index is 12.9. The van der Waals surface area contributed by atoms with Crippen LogP contribution in [0.1, 0.15) is 33.4 Å². The molecule has 1 aliphatic rings. The van der Waals surface area contributed by atoms with Crippen LogP contribution in [0, 0.1) is 6.92 Å². The first-order chi connectivity index (χ1) is 14.0. The Labute approximate surface area is 170 Å². The van der Waals surface area contributed by atoms with Gasteiger partial charge in [-0.05, 0) is 43.7 Å². The predicted molar refractivity (Wildman–Crippen MR) is 113 cm³/mol. The Morgan fingerprint density at radius 3 is 2.28 bits per heavy atom. The zero-order valence-electron chi connectivity index (χ0n) is 16.7. The molecule has 0 aliphatic carbocycles. The first-order valence-corrected chi connectivity index (χ1v) is 9.83. The second kappa shape index (κ2) is 7.95. The van der Waals surface area contributed by atoms with Crippen molar-refractivity contribution in [3.05, 3.63) is 77.6 Å². The van der Waals surface area contributed by atoms with Crippen molar-refractivity contribution in [3.63, 3.8) is 0 Å². The number of carbonyl (C=O) groups excluding carboxylic acids is 2. The van der Waals surface area contributed by atoms with Crippen LogP contribution in [0.25, 0.3) is 11.3 Å². The number of anilines is 1. The van der Waals surface area contributed by atoms with Crippen LogP contribution < -0.4 is 4.90 Å². The molecule has 0 N–H and O–H groups in total. The van der Waals surface area contributed by atoms with Gasteiger partial charge in [-0.1, -0.05) is 36.4 Å². The number of rotatable bonds is 4. The van der Waals surface area contributed by atoms with Crippen LogP contribution in [-0.4, -0.2) is 42.8 Å². The molecule has 0 atom stereocenters. The van der Waals surface area contributed by atoms with Crippen LogP contribution in [0.15, 0.2) is 65.1 Å². The second-order valence-corrected chi connectivity index (χ2v) is 7.42. The topological polar surface area (TPSA) is 53.8 Å². The quantitative estimate of drug-likeness (QED) is 0.621. The monoisotopic (exact) mass is 388 g/mol. The summed E-state index contributed by atoms with van der Waals surface area (Å²) in [6.45, 7) is 6.56. The van der Waals surface area contributed by atoms with E-state index in [0.717, 1.165) is 18.7 Å². The number of nitrogens with zero attached hydrogens (tertiary/aromatic N) is 2. The lowest BCUT2D eigenvalue weighted by Crippen LogP contribution is -2.48. The molecule has 0 spiro atoms. The largest absolute Gasteiger partial charge is 0.451 e. The van der Waals surface area contributed by atoms with Gasteiger partial charge in [0.05, 0.1) is 0 Å². The summed E-state index contributed by atoms with van der Waals surface area (Å²) >= 11 is 0. The Balaban J connectivity index is 1.41. The van der Waals surface area contributed by atoms with Crippen molar-refractivity contribution in [2.24, 2.45) is 0 Å². The zero-order chi connectivity index (χ0) is 20.4. The molecule has 0 radical (unpaired) electrons. The third-order valence-electron chi connectivity index (χ3n) is 5.33. The molecule has 2 heterocycles. The first-order valence-electron chi connectivity index (χ1n) is 9.83. The molecular formula is C24H24N2O3. The molecule has 2 aromatic carbocycles. The number of carbonyl (C=O) groups is 2. The highest BCUT2D eigenvalue weighted by molar-refractivity contribution is 5.94. The SMILES string of the molecule is CC(=O)c1ccc(-c2ccc(C(=O)N3CCN(c4cccc(C)c4)CC3)o2)cc1. The first kappa shape index (κ1) is 19.0. The lowest BCUT2D eigenvalue weighted by molar-refractivity contribution is 0.0715.